The average Bonchev–Trinajstić information content (AvgIpc) is 2.87. The first-order chi connectivity index (χ1) is 9.45. The zero-order valence-electron chi connectivity index (χ0n) is 12.6. The lowest BCUT2D eigenvalue weighted by Crippen LogP contribution is -2.39. The molecule has 1 aromatic carbocycles. The fraction of sp³-hybridized carbons (Fsp3) is 0.467. The summed E-state index contributed by atoms with van der Waals surface area (Å²) in [5.74, 6) is 0.00345. The standard InChI is InChI=1S/C15H21N3O2.ClH/c1-10(9-16)17(3)15(20)13-4-5-14-12(8-13)6-7-18(14)11(2)19;/h4-5,8,10H,6-7,9,16H2,1-3H3;1H. The third kappa shape index (κ3) is 3.36. The van der Waals surface area contributed by atoms with Gasteiger partial charge in [-0.2, -0.15) is 0 Å². The van der Waals surface area contributed by atoms with Gasteiger partial charge >= 0.3 is 0 Å². The van der Waals surface area contributed by atoms with Gasteiger partial charge in [-0.3, -0.25) is 9.59 Å². The van der Waals surface area contributed by atoms with Crippen LogP contribution in [0.3, 0.4) is 0 Å². The van der Waals surface area contributed by atoms with Crippen LogP contribution in [0.15, 0.2) is 18.2 Å². The molecule has 21 heavy (non-hydrogen) atoms. The summed E-state index contributed by atoms with van der Waals surface area (Å²) in [7, 11) is 1.76. The number of hydrogen-bond acceptors (Lipinski definition) is 3. The molecule has 2 rings (SSSR count). The Morgan fingerprint density at radius 3 is 2.67 bits per heavy atom. The third-order valence-electron chi connectivity index (χ3n) is 3.92. The lowest BCUT2D eigenvalue weighted by atomic mass is 10.1. The van der Waals surface area contributed by atoms with Crippen LogP contribution in [0.1, 0.15) is 29.8 Å². The predicted molar refractivity (Wildman–Crippen MR) is 86.0 cm³/mol. The van der Waals surface area contributed by atoms with Gasteiger partial charge in [0.2, 0.25) is 5.91 Å². The van der Waals surface area contributed by atoms with E-state index in [9.17, 15) is 9.59 Å². The number of halogens is 1. The molecule has 0 spiro atoms. The number of rotatable bonds is 3. The van der Waals surface area contributed by atoms with Crippen LogP contribution in [0.2, 0.25) is 0 Å². The van der Waals surface area contributed by atoms with Crippen LogP contribution in [0.5, 0.6) is 0 Å². The molecule has 2 N–H and O–H groups in total. The Hall–Kier alpha value is -1.59. The van der Waals surface area contributed by atoms with Gasteiger partial charge in [0.05, 0.1) is 0 Å². The number of anilines is 1. The van der Waals surface area contributed by atoms with Crippen molar-refractivity contribution in [3.8, 4) is 0 Å². The van der Waals surface area contributed by atoms with Crippen molar-refractivity contribution in [2.45, 2.75) is 26.3 Å². The first-order valence-corrected chi connectivity index (χ1v) is 6.84. The van der Waals surface area contributed by atoms with Crippen molar-refractivity contribution in [1.29, 1.82) is 0 Å². The Morgan fingerprint density at radius 2 is 2.10 bits per heavy atom. The van der Waals surface area contributed by atoms with Crippen molar-refractivity contribution in [2.24, 2.45) is 5.73 Å². The van der Waals surface area contributed by atoms with Crippen molar-refractivity contribution in [3.63, 3.8) is 0 Å². The molecule has 0 radical (unpaired) electrons. The molecule has 0 saturated heterocycles. The minimum absolute atomic E-state index is 0. The maximum absolute atomic E-state index is 12.4. The maximum Gasteiger partial charge on any atom is 0.253 e. The summed E-state index contributed by atoms with van der Waals surface area (Å²) in [5.41, 5.74) is 8.22. The third-order valence-corrected chi connectivity index (χ3v) is 3.92. The summed E-state index contributed by atoms with van der Waals surface area (Å²) >= 11 is 0. The van der Waals surface area contributed by atoms with Gasteiger partial charge in [-0.1, -0.05) is 0 Å². The summed E-state index contributed by atoms with van der Waals surface area (Å²) in [5, 5.41) is 0. The number of carbonyl (C=O) groups excluding carboxylic acids is 2. The lowest BCUT2D eigenvalue weighted by Gasteiger charge is -2.24. The monoisotopic (exact) mass is 311 g/mol. The molecule has 1 aliphatic rings. The van der Waals surface area contributed by atoms with E-state index in [1.54, 1.807) is 29.8 Å². The van der Waals surface area contributed by atoms with Gasteiger partial charge in [0.25, 0.3) is 5.91 Å². The molecule has 0 aliphatic carbocycles. The zero-order valence-corrected chi connectivity index (χ0v) is 13.4. The summed E-state index contributed by atoms with van der Waals surface area (Å²) in [4.78, 5) is 27.2. The van der Waals surface area contributed by atoms with E-state index < -0.39 is 0 Å². The van der Waals surface area contributed by atoms with Crippen LogP contribution in [-0.4, -0.2) is 42.9 Å². The van der Waals surface area contributed by atoms with Crippen LogP contribution in [0, 0.1) is 0 Å². The molecule has 0 aromatic heterocycles. The molecular weight excluding hydrogens is 290 g/mol. The topological polar surface area (TPSA) is 66.6 Å². The second-order valence-electron chi connectivity index (χ2n) is 5.26. The molecular formula is C15H22ClN3O2. The van der Waals surface area contributed by atoms with E-state index in [2.05, 4.69) is 0 Å². The second kappa shape index (κ2) is 6.91. The number of nitrogens with zero attached hydrogens (tertiary/aromatic N) is 2. The van der Waals surface area contributed by atoms with E-state index >= 15 is 0 Å². The molecule has 1 aliphatic heterocycles. The number of nitrogens with two attached hydrogens (primary N) is 1. The highest BCUT2D eigenvalue weighted by atomic mass is 35.5. The summed E-state index contributed by atoms with van der Waals surface area (Å²) in [6.45, 7) is 4.61. The fourth-order valence-electron chi connectivity index (χ4n) is 2.42. The number of likely N-dealkylation sites (N-methyl/N-ethyl adjacent to an activating group) is 1. The largest absolute Gasteiger partial charge is 0.338 e. The van der Waals surface area contributed by atoms with Crippen LogP contribution in [0.4, 0.5) is 5.69 Å². The van der Waals surface area contributed by atoms with E-state index in [0.717, 1.165) is 17.7 Å². The van der Waals surface area contributed by atoms with E-state index in [1.807, 2.05) is 19.1 Å². The molecule has 0 bridgehead atoms. The van der Waals surface area contributed by atoms with E-state index in [0.29, 0.717) is 18.7 Å². The van der Waals surface area contributed by atoms with Gasteiger partial charge in [-0.05, 0) is 37.1 Å². The second-order valence-corrected chi connectivity index (χ2v) is 5.26. The van der Waals surface area contributed by atoms with Crippen LogP contribution in [-0.2, 0) is 11.2 Å². The zero-order chi connectivity index (χ0) is 14.9. The molecule has 6 heteroatoms. The molecule has 1 atom stereocenters. The summed E-state index contributed by atoms with van der Waals surface area (Å²) < 4.78 is 0. The number of fused-ring (bicyclic) bond motifs is 1. The van der Waals surface area contributed by atoms with Gasteiger partial charge in [0.15, 0.2) is 0 Å². The van der Waals surface area contributed by atoms with Gasteiger partial charge in [-0.15, -0.1) is 12.4 Å². The van der Waals surface area contributed by atoms with Crippen LogP contribution >= 0.6 is 12.4 Å². The molecule has 1 unspecified atom stereocenters. The minimum atomic E-state index is -0.0352. The SMILES string of the molecule is CC(=O)N1CCc2cc(C(=O)N(C)C(C)CN)ccc21.Cl. The van der Waals surface area contributed by atoms with Crippen molar-refractivity contribution >= 4 is 29.9 Å². The first-order valence-electron chi connectivity index (χ1n) is 6.84. The van der Waals surface area contributed by atoms with E-state index in [1.165, 1.54) is 0 Å². The Kier molecular flexibility index (Phi) is 5.75. The average molecular weight is 312 g/mol. The molecule has 5 nitrogen and oxygen atoms in total. The molecule has 1 aromatic rings. The normalized spacial score (nSPS) is 14.2. The van der Waals surface area contributed by atoms with Gasteiger partial charge < -0.3 is 15.5 Å². The van der Waals surface area contributed by atoms with Crippen molar-refractivity contribution in [2.75, 3.05) is 25.0 Å². The highest BCUT2D eigenvalue weighted by molar-refractivity contribution is 5.97. The van der Waals surface area contributed by atoms with E-state index in [4.69, 9.17) is 5.73 Å². The molecule has 0 fully saturated rings. The summed E-state index contributed by atoms with van der Waals surface area (Å²) in [6.07, 6.45) is 0.798. The van der Waals surface area contributed by atoms with Crippen molar-refractivity contribution in [3.05, 3.63) is 29.3 Å². The predicted octanol–water partition coefficient (Wildman–Crippen LogP) is 1.44. The maximum atomic E-state index is 12.4. The van der Waals surface area contributed by atoms with Crippen LogP contribution in [0.25, 0.3) is 0 Å². The van der Waals surface area contributed by atoms with Gasteiger partial charge in [0, 0.05) is 44.4 Å². The Morgan fingerprint density at radius 1 is 1.43 bits per heavy atom. The Balaban J connectivity index is 0.00000220. The smallest absolute Gasteiger partial charge is 0.253 e. The fourth-order valence-corrected chi connectivity index (χ4v) is 2.42. The van der Waals surface area contributed by atoms with Gasteiger partial charge in [-0.25, -0.2) is 0 Å². The van der Waals surface area contributed by atoms with Crippen molar-refractivity contribution in [1.82, 2.24) is 4.90 Å². The van der Waals surface area contributed by atoms with Crippen molar-refractivity contribution < 1.29 is 9.59 Å². The number of hydrogen-bond donors (Lipinski definition) is 1. The Labute approximate surface area is 131 Å². The lowest BCUT2D eigenvalue weighted by molar-refractivity contribution is -0.116. The molecule has 1 heterocycles. The number of benzene rings is 1. The molecule has 0 saturated carbocycles. The highest BCUT2D eigenvalue weighted by Crippen LogP contribution is 2.29. The van der Waals surface area contributed by atoms with Crippen LogP contribution < -0.4 is 10.6 Å². The highest BCUT2D eigenvalue weighted by Gasteiger charge is 2.24. The summed E-state index contributed by atoms with van der Waals surface area (Å²) in [6, 6.07) is 5.53. The number of amides is 2. The molecule has 116 valence electrons. The van der Waals surface area contributed by atoms with E-state index in [-0.39, 0.29) is 30.3 Å². The Bertz CT molecular complexity index is 548. The quantitative estimate of drug-likeness (QED) is 0.918. The first kappa shape index (κ1) is 17.5. The molecule has 2 amide bonds. The van der Waals surface area contributed by atoms with Gasteiger partial charge in [0.1, 0.15) is 0 Å². The number of carbonyl (C=O) groups is 2. The minimum Gasteiger partial charge on any atom is -0.338 e.